The van der Waals surface area contributed by atoms with E-state index >= 15 is 0 Å². The zero-order valence-corrected chi connectivity index (χ0v) is 13.5. The zero-order chi connectivity index (χ0) is 15.5. The monoisotopic (exact) mass is 351 g/mol. The van der Waals surface area contributed by atoms with E-state index in [1.807, 2.05) is 0 Å². The molecule has 0 radical (unpaired) electrons. The van der Waals surface area contributed by atoms with Crippen molar-refractivity contribution in [1.29, 1.82) is 0 Å². The summed E-state index contributed by atoms with van der Waals surface area (Å²) in [6, 6.07) is 3.77. The van der Waals surface area contributed by atoms with E-state index in [0.29, 0.717) is 6.54 Å². The van der Waals surface area contributed by atoms with Crippen LogP contribution in [0, 0.1) is 0 Å². The SMILES string of the molecule is O=C(NCCC1CCCO1)c1cc(S(=O)(=O)Cl)ccc1Cl. The second kappa shape index (κ2) is 6.96. The topological polar surface area (TPSA) is 72.5 Å². The van der Waals surface area contributed by atoms with Gasteiger partial charge in [-0.2, -0.15) is 0 Å². The van der Waals surface area contributed by atoms with Gasteiger partial charge in [-0.3, -0.25) is 4.79 Å². The highest BCUT2D eigenvalue weighted by molar-refractivity contribution is 8.13. The summed E-state index contributed by atoms with van der Waals surface area (Å²) in [7, 11) is 1.36. The van der Waals surface area contributed by atoms with Gasteiger partial charge in [0.2, 0.25) is 0 Å². The maximum Gasteiger partial charge on any atom is 0.261 e. The number of rotatable bonds is 5. The molecule has 21 heavy (non-hydrogen) atoms. The molecule has 0 spiro atoms. The number of hydrogen-bond acceptors (Lipinski definition) is 4. The molecule has 0 bridgehead atoms. The molecule has 2 rings (SSSR count). The van der Waals surface area contributed by atoms with Crippen LogP contribution in [0.5, 0.6) is 0 Å². The van der Waals surface area contributed by atoms with Gasteiger partial charge in [-0.05, 0) is 37.5 Å². The predicted octanol–water partition coefficient (Wildman–Crippen LogP) is 2.57. The molecule has 1 aliphatic rings. The fourth-order valence-electron chi connectivity index (χ4n) is 2.14. The molecule has 0 aliphatic carbocycles. The average molecular weight is 352 g/mol. The Morgan fingerprint density at radius 3 is 2.81 bits per heavy atom. The lowest BCUT2D eigenvalue weighted by Gasteiger charge is -2.11. The first-order valence-electron chi connectivity index (χ1n) is 6.52. The number of amides is 1. The quantitative estimate of drug-likeness (QED) is 0.827. The van der Waals surface area contributed by atoms with Crippen LogP contribution in [0.15, 0.2) is 23.1 Å². The van der Waals surface area contributed by atoms with Gasteiger partial charge in [-0.1, -0.05) is 11.6 Å². The van der Waals surface area contributed by atoms with Gasteiger partial charge < -0.3 is 10.1 Å². The highest BCUT2D eigenvalue weighted by Gasteiger charge is 2.18. The molecular formula is C13H15Cl2NO4S. The van der Waals surface area contributed by atoms with E-state index in [1.54, 1.807) is 0 Å². The average Bonchev–Trinajstić information content (AvgIpc) is 2.91. The lowest BCUT2D eigenvalue weighted by Crippen LogP contribution is -2.27. The fourth-order valence-corrected chi connectivity index (χ4v) is 3.12. The summed E-state index contributed by atoms with van der Waals surface area (Å²) in [6.45, 7) is 1.21. The van der Waals surface area contributed by atoms with Crippen LogP contribution >= 0.6 is 22.3 Å². The van der Waals surface area contributed by atoms with Crippen molar-refractivity contribution < 1.29 is 17.9 Å². The third-order valence-corrected chi connectivity index (χ3v) is 4.92. The van der Waals surface area contributed by atoms with Crippen LogP contribution in [0.4, 0.5) is 0 Å². The molecule has 1 amide bonds. The second-order valence-corrected chi connectivity index (χ2v) is 7.73. The van der Waals surface area contributed by atoms with Crippen LogP contribution in [0.3, 0.4) is 0 Å². The van der Waals surface area contributed by atoms with Crippen molar-refractivity contribution in [2.75, 3.05) is 13.2 Å². The molecule has 1 N–H and O–H groups in total. The summed E-state index contributed by atoms with van der Waals surface area (Å²) in [5.41, 5.74) is 0.0886. The molecule has 1 aliphatic heterocycles. The summed E-state index contributed by atoms with van der Waals surface area (Å²) >= 11 is 5.92. The zero-order valence-electron chi connectivity index (χ0n) is 11.1. The number of ether oxygens (including phenoxy) is 1. The van der Waals surface area contributed by atoms with Crippen molar-refractivity contribution in [3.63, 3.8) is 0 Å². The first kappa shape index (κ1) is 16.5. The maximum atomic E-state index is 12.0. The molecule has 1 atom stereocenters. The minimum Gasteiger partial charge on any atom is -0.378 e. The predicted molar refractivity (Wildman–Crippen MR) is 80.4 cm³/mol. The van der Waals surface area contributed by atoms with E-state index < -0.39 is 15.0 Å². The Bertz CT molecular complexity index is 627. The van der Waals surface area contributed by atoms with Crippen LogP contribution in [0.1, 0.15) is 29.6 Å². The Morgan fingerprint density at radius 2 is 2.19 bits per heavy atom. The molecular weight excluding hydrogens is 337 g/mol. The summed E-state index contributed by atoms with van der Waals surface area (Å²) < 4.78 is 28.0. The van der Waals surface area contributed by atoms with Gasteiger partial charge in [0.1, 0.15) is 0 Å². The number of benzene rings is 1. The highest BCUT2D eigenvalue weighted by Crippen LogP contribution is 2.23. The summed E-state index contributed by atoms with van der Waals surface area (Å²) in [6.07, 6.45) is 2.93. The van der Waals surface area contributed by atoms with Gasteiger partial charge in [0, 0.05) is 23.8 Å². The van der Waals surface area contributed by atoms with Gasteiger partial charge in [-0.15, -0.1) is 0 Å². The Kier molecular flexibility index (Phi) is 5.48. The molecule has 1 aromatic carbocycles. The van der Waals surface area contributed by atoms with Crippen molar-refractivity contribution in [3.05, 3.63) is 28.8 Å². The summed E-state index contributed by atoms with van der Waals surface area (Å²) in [5.74, 6) is -0.430. The minimum absolute atomic E-state index is 0.0886. The standard InChI is InChI=1S/C13H15Cl2NO4S/c14-12-4-3-10(21(15,18)19)8-11(12)13(17)16-6-5-9-2-1-7-20-9/h3-4,8-9H,1-2,5-7H2,(H,16,17). The van der Waals surface area contributed by atoms with Gasteiger partial charge in [0.05, 0.1) is 21.6 Å². The van der Waals surface area contributed by atoms with Crippen molar-refractivity contribution in [2.45, 2.75) is 30.3 Å². The van der Waals surface area contributed by atoms with E-state index in [4.69, 9.17) is 27.0 Å². The van der Waals surface area contributed by atoms with Crippen LogP contribution < -0.4 is 5.32 Å². The molecule has 1 aromatic rings. The molecule has 8 heteroatoms. The second-order valence-electron chi connectivity index (χ2n) is 4.76. The van der Waals surface area contributed by atoms with E-state index in [0.717, 1.165) is 25.9 Å². The van der Waals surface area contributed by atoms with Crippen molar-refractivity contribution in [2.24, 2.45) is 0 Å². The van der Waals surface area contributed by atoms with Crippen molar-refractivity contribution in [1.82, 2.24) is 5.32 Å². The van der Waals surface area contributed by atoms with Gasteiger partial charge in [-0.25, -0.2) is 8.42 Å². The normalized spacial score (nSPS) is 18.7. The van der Waals surface area contributed by atoms with Crippen molar-refractivity contribution >= 4 is 37.2 Å². The molecule has 116 valence electrons. The molecule has 0 saturated carbocycles. The Morgan fingerprint density at radius 1 is 1.43 bits per heavy atom. The molecule has 1 heterocycles. The summed E-state index contributed by atoms with van der Waals surface area (Å²) in [4.78, 5) is 11.9. The molecule has 1 fully saturated rings. The van der Waals surface area contributed by atoms with Crippen molar-refractivity contribution in [3.8, 4) is 0 Å². The number of halogens is 2. The van der Waals surface area contributed by atoms with E-state index in [-0.39, 0.29) is 21.6 Å². The smallest absolute Gasteiger partial charge is 0.261 e. The van der Waals surface area contributed by atoms with E-state index in [2.05, 4.69) is 5.32 Å². The Balaban J connectivity index is 2.01. The molecule has 1 saturated heterocycles. The van der Waals surface area contributed by atoms with Crippen LogP contribution in [0.2, 0.25) is 5.02 Å². The minimum atomic E-state index is -3.90. The Labute approximate surface area is 133 Å². The van der Waals surface area contributed by atoms with Gasteiger partial charge in [0.15, 0.2) is 0 Å². The lowest BCUT2D eigenvalue weighted by molar-refractivity contribution is 0.0907. The fraction of sp³-hybridized carbons (Fsp3) is 0.462. The van der Waals surface area contributed by atoms with Gasteiger partial charge in [0.25, 0.3) is 15.0 Å². The molecule has 5 nitrogen and oxygen atoms in total. The number of hydrogen-bond donors (Lipinski definition) is 1. The van der Waals surface area contributed by atoms with Crippen LogP contribution in [-0.2, 0) is 13.8 Å². The largest absolute Gasteiger partial charge is 0.378 e. The van der Waals surface area contributed by atoms with E-state index in [1.165, 1.54) is 18.2 Å². The summed E-state index contributed by atoms with van der Waals surface area (Å²) in [5, 5.41) is 2.88. The van der Waals surface area contributed by atoms with Crippen LogP contribution in [0.25, 0.3) is 0 Å². The number of carbonyl (C=O) groups is 1. The number of carbonyl (C=O) groups excluding carboxylic acids is 1. The first-order chi connectivity index (χ1) is 9.88. The molecule has 0 aromatic heterocycles. The number of nitrogens with one attached hydrogen (secondary N) is 1. The van der Waals surface area contributed by atoms with Gasteiger partial charge >= 0.3 is 0 Å². The van der Waals surface area contributed by atoms with Crippen LogP contribution in [-0.4, -0.2) is 33.6 Å². The van der Waals surface area contributed by atoms with E-state index in [9.17, 15) is 13.2 Å². The Hall–Kier alpha value is -0.820. The third kappa shape index (κ3) is 4.57. The lowest BCUT2D eigenvalue weighted by atomic mass is 10.1. The maximum absolute atomic E-state index is 12.0. The highest BCUT2D eigenvalue weighted by atomic mass is 35.7. The first-order valence-corrected chi connectivity index (χ1v) is 9.20. The third-order valence-electron chi connectivity index (χ3n) is 3.24. The molecule has 1 unspecified atom stereocenters.